The number of aryl methyl sites for hydroxylation is 3. The second-order valence-corrected chi connectivity index (χ2v) is 7.84. The highest BCUT2D eigenvalue weighted by Crippen LogP contribution is 2.23. The summed E-state index contributed by atoms with van der Waals surface area (Å²) >= 11 is 9.24. The molecule has 5 nitrogen and oxygen atoms in total. The van der Waals surface area contributed by atoms with Gasteiger partial charge in [-0.1, -0.05) is 35.5 Å². The van der Waals surface area contributed by atoms with Gasteiger partial charge in [0.25, 0.3) is 0 Å². The number of anilines is 1. The number of thioether (sulfide) groups is 1. The van der Waals surface area contributed by atoms with E-state index < -0.39 is 0 Å². The predicted molar refractivity (Wildman–Crippen MR) is 104 cm³/mol. The lowest BCUT2D eigenvalue weighted by atomic mass is 10.2. The number of aromatic nitrogens is 3. The quantitative estimate of drug-likeness (QED) is 0.610. The Hall–Kier alpha value is -1.83. The number of halogens is 1. The van der Waals surface area contributed by atoms with Gasteiger partial charge in [0.05, 0.1) is 16.5 Å². The molecule has 0 aliphatic carbocycles. The molecule has 0 atom stereocenters. The molecule has 1 amide bonds. The molecule has 130 valence electrons. The van der Waals surface area contributed by atoms with Crippen LogP contribution in [0.15, 0.2) is 47.2 Å². The molecule has 0 unspecified atom stereocenters. The number of nitrogens with zero attached hydrogens (tertiary/aromatic N) is 3. The van der Waals surface area contributed by atoms with Gasteiger partial charge in [0, 0.05) is 11.4 Å². The number of benzene rings is 1. The number of hydrogen-bond acceptors (Lipinski definition) is 5. The summed E-state index contributed by atoms with van der Waals surface area (Å²) in [4.78, 5) is 13.5. The van der Waals surface area contributed by atoms with E-state index in [9.17, 15) is 4.79 Å². The Morgan fingerprint density at radius 1 is 1.40 bits per heavy atom. The third kappa shape index (κ3) is 5.07. The van der Waals surface area contributed by atoms with E-state index in [0.29, 0.717) is 10.7 Å². The van der Waals surface area contributed by atoms with E-state index in [0.717, 1.165) is 23.7 Å². The molecule has 1 aromatic carbocycles. The minimum atomic E-state index is -0.122. The third-order valence-electron chi connectivity index (χ3n) is 3.49. The molecule has 8 heteroatoms. The number of hydrogen-bond donors (Lipinski definition) is 1. The fourth-order valence-corrected chi connectivity index (χ4v) is 3.95. The van der Waals surface area contributed by atoms with E-state index in [2.05, 4.69) is 27.0 Å². The zero-order valence-electron chi connectivity index (χ0n) is 13.6. The predicted octanol–water partition coefficient (Wildman–Crippen LogP) is 4.27. The molecule has 0 aliphatic heterocycles. The minimum Gasteiger partial charge on any atom is -0.324 e. The van der Waals surface area contributed by atoms with Crippen molar-refractivity contribution >= 4 is 46.3 Å². The van der Waals surface area contributed by atoms with E-state index in [4.69, 9.17) is 11.6 Å². The Labute approximate surface area is 159 Å². The van der Waals surface area contributed by atoms with Gasteiger partial charge in [-0.25, -0.2) is 0 Å². The van der Waals surface area contributed by atoms with Crippen LogP contribution in [0, 0.1) is 6.92 Å². The van der Waals surface area contributed by atoms with Crippen LogP contribution in [0.4, 0.5) is 5.69 Å². The number of carbonyl (C=O) groups excluding carboxylic acids is 1. The zero-order valence-corrected chi connectivity index (χ0v) is 16.0. The summed E-state index contributed by atoms with van der Waals surface area (Å²) in [5.41, 5.74) is 1.67. The maximum absolute atomic E-state index is 12.2. The van der Waals surface area contributed by atoms with Gasteiger partial charge in [0.1, 0.15) is 6.33 Å². The lowest BCUT2D eigenvalue weighted by Gasteiger charge is -2.08. The molecule has 0 saturated carbocycles. The second kappa shape index (κ2) is 8.51. The highest BCUT2D eigenvalue weighted by atomic mass is 35.5. The van der Waals surface area contributed by atoms with Crippen molar-refractivity contribution in [1.29, 1.82) is 0 Å². The molecule has 0 radical (unpaired) electrons. The van der Waals surface area contributed by atoms with Gasteiger partial charge in [0.2, 0.25) is 5.91 Å². The SMILES string of the molecule is Cc1ccc(NC(=O)CSc2nncn2CCc2cccs2)c(Cl)c1. The van der Waals surface area contributed by atoms with Crippen LogP contribution in [0.2, 0.25) is 5.02 Å². The van der Waals surface area contributed by atoms with Gasteiger partial charge >= 0.3 is 0 Å². The molecule has 0 aliphatic rings. The first-order valence-electron chi connectivity index (χ1n) is 7.71. The molecule has 3 aromatic rings. The Morgan fingerprint density at radius 2 is 2.28 bits per heavy atom. The lowest BCUT2D eigenvalue weighted by molar-refractivity contribution is -0.113. The number of amides is 1. The summed E-state index contributed by atoms with van der Waals surface area (Å²) in [7, 11) is 0. The molecule has 0 bridgehead atoms. The van der Waals surface area contributed by atoms with Gasteiger partial charge in [0.15, 0.2) is 5.16 Å². The normalized spacial score (nSPS) is 10.8. The van der Waals surface area contributed by atoms with E-state index in [1.165, 1.54) is 16.6 Å². The van der Waals surface area contributed by atoms with Gasteiger partial charge in [-0.15, -0.1) is 21.5 Å². The fourth-order valence-electron chi connectivity index (χ4n) is 2.23. The van der Waals surface area contributed by atoms with E-state index >= 15 is 0 Å². The number of rotatable bonds is 7. The molecule has 25 heavy (non-hydrogen) atoms. The van der Waals surface area contributed by atoms with Gasteiger partial charge in [-0.05, 0) is 42.5 Å². The molecule has 3 rings (SSSR count). The third-order valence-corrected chi connectivity index (χ3v) is 5.72. The summed E-state index contributed by atoms with van der Waals surface area (Å²) < 4.78 is 1.97. The molecule has 0 spiro atoms. The zero-order chi connectivity index (χ0) is 17.6. The van der Waals surface area contributed by atoms with E-state index in [1.807, 2.05) is 35.8 Å². The van der Waals surface area contributed by atoms with Crippen molar-refractivity contribution in [3.05, 3.63) is 57.5 Å². The smallest absolute Gasteiger partial charge is 0.234 e. The Kier molecular flexibility index (Phi) is 6.12. The van der Waals surface area contributed by atoms with Crippen molar-refractivity contribution in [3.63, 3.8) is 0 Å². The molecule has 0 saturated heterocycles. The summed E-state index contributed by atoms with van der Waals surface area (Å²) in [5, 5.41) is 14.2. The van der Waals surface area contributed by atoms with Crippen molar-refractivity contribution in [1.82, 2.24) is 14.8 Å². The number of carbonyl (C=O) groups is 1. The molecule has 0 fully saturated rings. The number of nitrogens with one attached hydrogen (secondary N) is 1. The minimum absolute atomic E-state index is 0.122. The van der Waals surface area contributed by atoms with Crippen LogP contribution in [-0.4, -0.2) is 26.4 Å². The second-order valence-electron chi connectivity index (χ2n) is 5.46. The maximum atomic E-state index is 12.2. The summed E-state index contributed by atoms with van der Waals surface area (Å²) in [6.45, 7) is 2.75. The summed E-state index contributed by atoms with van der Waals surface area (Å²) in [5.74, 6) is 0.130. The lowest BCUT2D eigenvalue weighted by Crippen LogP contribution is -2.15. The van der Waals surface area contributed by atoms with Crippen LogP contribution >= 0.6 is 34.7 Å². The molecule has 2 aromatic heterocycles. The van der Waals surface area contributed by atoms with E-state index in [1.54, 1.807) is 17.7 Å². The average molecular weight is 393 g/mol. The van der Waals surface area contributed by atoms with Gasteiger partial charge < -0.3 is 9.88 Å². The van der Waals surface area contributed by atoms with Crippen LogP contribution < -0.4 is 5.32 Å². The van der Waals surface area contributed by atoms with E-state index in [-0.39, 0.29) is 11.7 Å². The van der Waals surface area contributed by atoms with Crippen molar-refractivity contribution in [3.8, 4) is 0 Å². The van der Waals surface area contributed by atoms with Crippen LogP contribution in [0.1, 0.15) is 10.4 Å². The average Bonchev–Trinajstić information content (AvgIpc) is 3.25. The first kappa shape index (κ1) is 18.0. The summed E-state index contributed by atoms with van der Waals surface area (Å²) in [6, 6.07) is 9.70. The van der Waals surface area contributed by atoms with Crippen LogP contribution in [0.25, 0.3) is 0 Å². The van der Waals surface area contributed by atoms with Crippen molar-refractivity contribution < 1.29 is 4.79 Å². The monoisotopic (exact) mass is 392 g/mol. The maximum Gasteiger partial charge on any atom is 0.234 e. The Morgan fingerprint density at radius 3 is 3.04 bits per heavy atom. The highest BCUT2D eigenvalue weighted by Gasteiger charge is 2.11. The molecular formula is C17H17ClN4OS2. The van der Waals surface area contributed by atoms with Crippen molar-refractivity contribution in [2.75, 3.05) is 11.1 Å². The van der Waals surface area contributed by atoms with Gasteiger partial charge in [-0.3, -0.25) is 4.79 Å². The topological polar surface area (TPSA) is 59.8 Å². The highest BCUT2D eigenvalue weighted by molar-refractivity contribution is 7.99. The molecule has 2 heterocycles. The number of thiophene rings is 1. The largest absolute Gasteiger partial charge is 0.324 e. The summed E-state index contributed by atoms with van der Waals surface area (Å²) in [6.07, 6.45) is 2.62. The van der Waals surface area contributed by atoms with Crippen LogP contribution in [-0.2, 0) is 17.8 Å². The van der Waals surface area contributed by atoms with Crippen molar-refractivity contribution in [2.24, 2.45) is 0 Å². The van der Waals surface area contributed by atoms with Crippen molar-refractivity contribution in [2.45, 2.75) is 25.0 Å². The van der Waals surface area contributed by atoms with Crippen LogP contribution in [0.3, 0.4) is 0 Å². The first-order valence-corrected chi connectivity index (χ1v) is 9.95. The Balaban J connectivity index is 1.53. The molecule has 1 N–H and O–H groups in total. The molecular weight excluding hydrogens is 376 g/mol. The Bertz CT molecular complexity index is 848. The van der Waals surface area contributed by atoms with Crippen LogP contribution in [0.5, 0.6) is 0 Å². The van der Waals surface area contributed by atoms with Gasteiger partial charge in [-0.2, -0.15) is 0 Å². The standard InChI is InChI=1S/C17H17ClN4OS2/c1-12-4-5-15(14(18)9-12)20-16(23)10-25-17-21-19-11-22(17)7-6-13-3-2-8-24-13/h2-5,8-9,11H,6-7,10H2,1H3,(H,20,23). The fraction of sp³-hybridized carbons (Fsp3) is 0.235. The first-order chi connectivity index (χ1) is 12.1.